The van der Waals surface area contributed by atoms with Crippen molar-refractivity contribution in [1.29, 1.82) is 0 Å². The molecule has 13 heteroatoms. The van der Waals surface area contributed by atoms with Crippen molar-refractivity contribution in [2.24, 2.45) is 22.0 Å². The minimum Gasteiger partial charge on any atom is -0.421 e. The fraction of sp³-hybridized carbons (Fsp3) is 0. The Hall–Kier alpha value is -2.39. The lowest BCUT2D eigenvalue weighted by Gasteiger charge is -2.09. The van der Waals surface area contributed by atoms with Crippen LogP contribution in [0.2, 0.25) is 0 Å². The Morgan fingerprint density at radius 2 is 1.54 bits per heavy atom. The molecule has 11 nitrogen and oxygen atoms in total. The van der Waals surface area contributed by atoms with Crippen LogP contribution in [0.3, 0.4) is 0 Å². The van der Waals surface area contributed by atoms with Gasteiger partial charge in [-0.05, 0) is 12.1 Å². The van der Waals surface area contributed by atoms with E-state index in [1.165, 1.54) is 24.8 Å². The minimum absolute atomic E-state index is 0.0563. The maximum absolute atomic E-state index is 11.0. The highest BCUT2D eigenvalue weighted by molar-refractivity contribution is 7.54. The molecule has 0 aliphatic heterocycles. The fourth-order valence-corrected chi connectivity index (χ4v) is 2.56. The van der Waals surface area contributed by atoms with E-state index in [0.717, 1.165) is 10.9 Å². The topological polar surface area (TPSA) is 195 Å². The van der Waals surface area contributed by atoms with Gasteiger partial charge in [-0.2, -0.15) is 0 Å². The molecule has 26 heavy (non-hydrogen) atoms. The number of nitrogens with zero attached hydrogens (tertiary/aromatic N) is 3. The van der Waals surface area contributed by atoms with Crippen LogP contribution in [-0.2, 0) is 9.13 Å². The average Bonchev–Trinajstić information content (AvgIpc) is 2.53. The summed E-state index contributed by atoms with van der Waals surface area (Å²) in [5.74, 6) is 0.364. The summed E-state index contributed by atoms with van der Waals surface area (Å²) in [6.45, 7) is 0. The second-order valence-electron chi connectivity index (χ2n) is 4.88. The Morgan fingerprint density at radius 3 is 2.15 bits per heavy atom. The first kappa shape index (κ1) is 19.9. The molecule has 138 valence electrons. The van der Waals surface area contributed by atoms with Crippen LogP contribution in [0.25, 0.3) is 10.9 Å². The minimum atomic E-state index is -3.51. The Labute approximate surface area is 148 Å². The summed E-state index contributed by atoms with van der Waals surface area (Å²) in [6.07, 6.45) is 5.54. The van der Waals surface area contributed by atoms with Crippen LogP contribution in [0, 0.1) is 0 Å². The number of para-hydroxylation sites is 1. The lowest BCUT2D eigenvalue weighted by atomic mass is 10.2. The van der Waals surface area contributed by atoms with Crippen molar-refractivity contribution in [3.63, 3.8) is 0 Å². The van der Waals surface area contributed by atoms with Crippen molar-refractivity contribution >= 4 is 26.2 Å². The third kappa shape index (κ3) is 7.24. The predicted octanol–water partition coefficient (Wildman–Crippen LogP) is 1.52. The molecule has 2 heterocycles. The highest BCUT2D eigenvalue weighted by Gasteiger charge is 2.11. The average molecular weight is 397 g/mol. The maximum Gasteiger partial charge on any atom is 0.386 e. The summed E-state index contributed by atoms with van der Waals surface area (Å²) in [7, 11) is -7.00. The van der Waals surface area contributed by atoms with Crippen molar-refractivity contribution in [3.8, 4) is 11.6 Å². The molecule has 0 atom stereocenters. The van der Waals surface area contributed by atoms with Crippen molar-refractivity contribution < 1.29 is 18.2 Å². The maximum atomic E-state index is 11.0. The first-order valence-corrected chi connectivity index (χ1v) is 10.5. The van der Waals surface area contributed by atoms with E-state index in [2.05, 4.69) is 19.5 Å². The van der Waals surface area contributed by atoms with Crippen molar-refractivity contribution in [2.45, 2.75) is 0 Å². The van der Waals surface area contributed by atoms with E-state index < -0.39 is 15.3 Å². The van der Waals surface area contributed by atoms with Gasteiger partial charge in [-0.15, -0.1) is 0 Å². The molecule has 1 aromatic carbocycles. The molecule has 0 amide bonds. The molecule has 3 rings (SSSR count). The number of hydrogen-bond acceptors (Lipinski definition) is 7. The van der Waals surface area contributed by atoms with Crippen LogP contribution in [0.4, 0.5) is 0 Å². The van der Waals surface area contributed by atoms with E-state index in [9.17, 15) is 9.13 Å². The zero-order valence-electron chi connectivity index (χ0n) is 13.4. The zero-order chi connectivity index (χ0) is 19.2. The van der Waals surface area contributed by atoms with Gasteiger partial charge in [-0.25, -0.2) is 36.1 Å². The van der Waals surface area contributed by atoms with Gasteiger partial charge in [-0.3, -0.25) is 9.97 Å². The second kappa shape index (κ2) is 8.33. The van der Waals surface area contributed by atoms with Gasteiger partial charge in [0.15, 0.2) is 0 Å². The summed E-state index contributed by atoms with van der Waals surface area (Å²) >= 11 is 0. The number of fused-ring (bicyclic) bond motifs is 1. The lowest BCUT2D eigenvalue weighted by Crippen LogP contribution is -2.11. The van der Waals surface area contributed by atoms with Crippen LogP contribution < -0.4 is 31.1 Å². The van der Waals surface area contributed by atoms with Crippen LogP contribution in [0.15, 0.2) is 55.1 Å². The van der Waals surface area contributed by atoms with Crippen molar-refractivity contribution in [1.82, 2.24) is 15.0 Å². The van der Waals surface area contributed by atoms with Crippen LogP contribution in [0.1, 0.15) is 0 Å². The quantitative estimate of drug-likeness (QED) is 0.466. The Morgan fingerprint density at radius 1 is 0.846 bits per heavy atom. The van der Waals surface area contributed by atoms with Gasteiger partial charge in [0.25, 0.3) is 0 Å². The number of nitrogens with two attached hydrogens (primary N) is 4. The SMILES string of the molecule is NP(N)(=O)Oc1cnc2ccccc2c1.NP(N)(=O)Oc1cnccn1. The number of benzene rings is 1. The second-order valence-corrected chi connectivity index (χ2v) is 7.83. The molecule has 0 fully saturated rings. The fourth-order valence-electron chi connectivity index (χ4n) is 1.74. The standard InChI is InChI=1S/C9H10N3O2P.C4H7N4O2P/c10-15(11,13)14-8-5-7-3-1-2-4-9(7)12-6-8;5-11(6,9)10-4-3-7-1-2-8-4/h1-6H,(H4,10,11,13);1-3H,(H4,5,6,9). The van der Waals surface area contributed by atoms with Gasteiger partial charge >= 0.3 is 15.3 Å². The highest BCUT2D eigenvalue weighted by Crippen LogP contribution is 2.31. The summed E-state index contributed by atoms with van der Waals surface area (Å²) in [4.78, 5) is 11.4. The molecule has 2 aromatic heterocycles. The van der Waals surface area contributed by atoms with E-state index in [1.54, 1.807) is 6.07 Å². The highest BCUT2D eigenvalue weighted by atomic mass is 31.2. The molecular weight excluding hydrogens is 380 g/mol. The third-order valence-corrected chi connectivity index (χ3v) is 3.56. The van der Waals surface area contributed by atoms with E-state index in [-0.39, 0.29) is 5.88 Å². The van der Waals surface area contributed by atoms with Crippen molar-refractivity contribution in [3.05, 3.63) is 55.1 Å². The number of hydrogen-bond donors (Lipinski definition) is 4. The summed E-state index contributed by atoms with van der Waals surface area (Å²) < 4.78 is 31.1. The number of pyridine rings is 1. The van der Waals surface area contributed by atoms with Gasteiger partial charge in [0.1, 0.15) is 5.75 Å². The first-order valence-electron chi connectivity index (χ1n) is 6.97. The summed E-state index contributed by atoms with van der Waals surface area (Å²) in [5, 5.41) is 0.878. The van der Waals surface area contributed by atoms with E-state index in [0.29, 0.717) is 5.75 Å². The van der Waals surface area contributed by atoms with E-state index in [1.807, 2.05) is 24.3 Å². The first-order chi connectivity index (χ1) is 12.1. The Kier molecular flexibility index (Phi) is 6.38. The van der Waals surface area contributed by atoms with E-state index >= 15 is 0 Å². The third-order valence-electron chi connectivity index (χ3n) is 2.59. The smallest absolute Gasteiger partial charge is 0.386 e. The number of rotatable bonds is 4. The molecule has 0 aliphatic rings. The van der Waals surface area contributed by atoms with Gasteiger partial charge < -0.3 is 9.05 Å². The molecule has 0 bridgehead atoms. The monoisotopic (exact) mass is 397 g/mol. The van der Waals surface area contributed by atoms with Gasteiger partial charge in [0, 0.05) is 17.8 Å². The zero-order valence-corrected chi connectivity index (χ0v) is 15.2. The molecular formula is C13H17N7O4P2. The lowest BCUT2D eigenvalue weighted by molar-refractivity contribution is 0.472. The van der Waals surface area contributed by atoms with Gasteiger partial charge in [0.2, 0.25) is 5.88 Å². The normalized spacial score (nSPS) is 11.4. The molecule has 0 saturated heterocycles. The van der Waals surface area contributed by atoms with Crippen LogP contribution in [-0.4, -0.2) is 15.0 Å². The largest absolute Gasteiger partial charge is 0.421 e. The molecule has 0 aliphatic carbocycles. The molecule has 0 saturated carbocycles. The summed E-state index contributed by atoms with van der Waals surface area (Å²) in [6, 6.07) is 9.18. The molecule has 0 unspecified atom stereocenters. The molecule has 3 aromatic rings. The van der Waals surface area contributed by atoms with Crippen LogP contribution in [0.5, 0.6) is 11.6 Å². The molecule has 0 radical (unpaired) electrons. The van der Waals surface area contributed by atoms with Crippen LogP contribution >= 0.6 is 15.3 Å². The summed E-state index contributed by atoms with van der Waals surface area (Å²) in [5.41, 5.74) is 20.8. The molecule has 8 N–H and O–H groups in total. The number of aromatic nitrogens is 3. The van der Waals surface area contributed by atoms with Gasteiger partial charge in [0.05, 0.1) is 17.9 Å². The molecule has 0 spiro atoms. The Balaban J connectivity index is 0.000000197. The van der Waals surface area contributed by atoms with Gasteiger partial charge in [-0.1, -0.05) is 18.2 Å². The van der Waals surface area contributed by atoms with E-state index in [4.69, 9.17) is 26.5 Å². The van der Waals surface area contributed by atoms with Crippen molar-refractivity contribution in [2.75, 3.05) is 0 Å². The predicted molar refractivity (Wildman–Crippen MR) is 97.0 cm³/mol. The Bertz CT molecular complexity index is 961.